The van der Waals surface area contributed by atoms with Crippen LogP contribution < -0.4 is 4.90 Å². The zero-order valence-electron chi connectivity index (χ0n) is 11.2. The van der Waals surface area contributed by atoms with Crippen molar-refractivity contribution >= 4 is 29.3 Å². The number of hydrogen-bond donors (Lipinski definition) is 0. The summed E-state index contributed by atoms with van der Waals surface area (Å²) in [6.07, 6.45) is 6.00. The van der Waals surface area contributed by atoms with Crippen molar-refractivity contribution in [1.82, 2.24) is 0 Å². The quantitative estimate of drug-likeness (QED) is 0.784. The number of furan rings is 1. The van der Waals surface area contributed by atoms with Gasteiger partial charge in [0.15, 0.2) is 0 Å². The van der Waals surface area contributed by atoms with E-state index in [0.29, 0.717) is 23.0 Å². The van der Waals surface area contributed by atoms with E-state index in [9.17, 15) is 9.18 Å². The molecule has 1 aromatic carbocycles. The molecule has 5 heteroatoms. The molecule has 1 aliphatic rings. The topological polar surface area (TPSA) is 33.5 Å². The molecule has 0 N–H and O–H groups in total. The normalized spacial score (nSPS) is 14.5. The summed E-state index contributed by atoms with van der Waals surface area (Å²) < 4.78 is 19.3. The smallest absolute Gasteiger partial charge is 0.251 e. The second kappa shape index (κ2) is 5.74. The predicted molar refractivity (Wildman–Crippen MR) is 79.8 cm³/mol. The molecule has 0 radical (unpaired) electrons. The Bertz CT molecular complexity index is 695. The average molecular weight is 306 g/mol. The van der Waals surface area contributed by atoms with Gasteiger partial charge in [0.2, 0.25) is 0 Å². The summed E-state index contributed by atoms with van der Waals surface area (Å²) in [5.74, 6) is -0.150. The van der Waals surface area contributed by atoms with Crippen LogP contribution in [-0.4, -0.2) is 12.5 Å². The molecule has 2 heterocycles. The molecule has 3 nitrogen and oxygen atoms in total. The van der Waals surface area contributed by atoms with E-state index in [2.05, 4.69) is 0 Å². The molecule has 0 saturated heterocycles. The fourth-order valence-corrected chi connectivity index (χ4v) is 2.73. The third-order valence-corrected chi connectivity index (χ3v) is 3.62. The van der Waals surface area contributed by atoms with E-state index in [1.807, 2.05) is 0 Å². The molecular formula is C16H13ClFNO2. The van der Waals surface area contributed by atoms with Crippen molar-refractivity contribution < 1.29 is 13.6 Å². The molecule has 0 bridgehead atoms. The molecule has 1 aromatic heterocycles. The Morgan fingerprint density at radius 1 is 1.43 bits per heavy atom. The van der Waals surface area contributed by atoms with Crippen LogP contribution in [0.25, 0.3) is 6.08 Å². The van der Waals surface area contributed by atoms with Crippen LogP contribution in [0.2, 0.25) is 5.02 Å². The van der Waals surface area contributed by atoms with E-state index < -0.39 is 5.82 Å². The molecule has 1 amide bonds. The Balaban J connectivity index is 1.89. The first-order valence-corrected chi connectivity index (χ1v) is 7.04. The summed E-state index contributed by atoms with van der Waals surface area (Å²) in [5, 5.41) is 0.353. The van der Waals surface area contributed by atoms with Gasteiger partial charge in [-0.2, -0.15) is 0 Å². The third-order valence-electron chi connectivity index (χ3n) is 3.40. The number of rotatable bonds is 2. The lowest BCUT2D eigenvalue weighted by Crippen LogP contribution is -2.35. The number of halogens is 2. The molecule has 0 saturated carbocycles. The highest BCUT2D eigenvalue weighted by Gasteiger charge is 2.25. The van der Waals surface area contributed by atoms with Crippen molar-refractivity contribution in [1.29, 1.82) is 0 Å². The van der Waals surface area contributed by atoms with Gasteiger partial charge in [-0.05, 0) is 48.7 Å². The summed E-state index contributed by atoms with van der Waals surface area (Å²) in [6.45, 7) is 0.493. The summed E-state index contributed by atoms with van der Waals surface area (Å²) in [5.41, 5.74) is 1.10. The van der Waals surface area contributed by atoms with Gasteiger partial charge in [-0.1, -0.05) is 11.6 Å². The number of amides is 1. The second-order valence-electron chi connectivity index (χ2n) is 4.84. The van der Waals surface area contributed by atoms with Crippen LogP contribution in [0.15, 0.2) is 41.0 Å². The molecule has 2 aromatic rings. The summed E-state index contributed by atoms with van der Waals surface area (Å²) >= 11 is 5.87. The van der Waals surface area contributed by atoms with Crippen molar-refractivity contribution in [2.45, 2.75) is 12.8 Å². The van der Waals surface area contributed by atoms with Crippen LogP contribution >= 0.6 is 11.6 Å². The zero-order valence-corrected chi connectivity index (χ0v) is 11.9. The van der Waals surface area contributed by atoms with Gasteiger partial charge in [-0.3, -0.25) is 4.79 Å². The number of carbonyl (C=O) groups excluding carboxylic acids is 1. The number of aryl methyl sites for hydroxylation is 1. The highest BCUT2D eigenvalue weighted by Crippen LogP contribution is 2.33. The average Bonchev–Trinajstić information content (AvgIpc) is 2.97. The Labute approximate surface area is 126 Å². The largest absolute Gasteiger partial charge is 0.465 e. The fourth-order valence-electron chi connectivity index (χ4n) is 2.50. The monoisotopic (exact) mass is 305 g/mol. The van der Waals surface area contributed by atoms with E-state index in [-0.39, 0.29) is 5.91 Å². The molecule has 0 aliphatic carbocycles. The van der Waals surface area contributed by atoms with Crippen LogP contribution in [0.4, 0.5) is 10.1 Å². The summed E-state index contributed by atoms with van der Waals surface area (Å²) in [4.78, 5) is 13.7. The predicted octanol–water partition coefficient (Wildman–Crippen LogP) is 4.06. The number of hydrogen-bond acceptors (Lipinski definition) is 2. The summed E-state index contributed by atoms with van der Waals surface area (Å²) in [7, 11) is 0. The van der Waals surface area contributed by atoms with Crippen molar-refractivity contribution in [3.63, 3.8) is 0 Å². The van der Waals surface area contributed by atoms with Crippen molar-refractivity contribution in [3.8, 4) is 0 Å². The standard InChI is InChI=1S/C16H13ClFNO2/c17-12-9-11-3-1-7-19(16(11)14(18)10-12)15(20)6-5-13-4-2-8-21-13/h2,4-6,8-10H,1,3,7H2. The van der Waals surface area contributed by atoms with Gasteiger partial charge in [-0.15, -0.1) is 0 Å². The molecule has 108 valence electrons. The fraction of sp³-hybridized carbons (Fsp3) is 0.188. The first-order valence-electron chi connectivity index (χ1n) is 6.66. The van der Waals surface area contributed by atoms with Crippen LogP contribution in [0.5, 0.6) is 0 Å². The van der Waals surface area contributed by atoms with Crippen LogP contribution in [-0.2, 0) is 11.2 Å². The van der Waals surface area contributed by atoms with Gasteiger partial charge in [0, 0.05) is 17.6 Å². The van der Waals surface area contributed by atoms with Crippen LogP contribution in [0.1, 0.15) is 17.7 Å². The maximum absolute atomic E-state index is 14.1. The lowest BCUT2D eigenvalue weighted by molar-refractivity contribution is -0.114. The highest BCUT2D eigenvalue weighted by atomic mass is 35.5. The minimum Gasteiger partial charge on any atom is -0.465 e. The molecule has 0 atom stereocenters. The number of anilines is 1. The first kappa shape index (κ1) is 13.9. The maximum atomic E-state index is 14.1. The van der Waals surface area contributed by atoms with Gasteiger partial charge in [-0.25, -0.2) is 4.39 Å². The maximum Gasteiger partial charge on any atom is 0.251 e. The lowest BCUT2D eigenvalue weighted by Gasteiger charge is -2.29. The van der Waals surface area contributed by atoms with Gasteiger partial charge in [0.1, 0.15) is 11.6 Å². The van der Waals surface area contributed by atoms with Gasteiger partial charge < -0.3 is 9.32 Å². The molecule has 1 aliphatic heterocycles. The van der Waals surface area contributed by atoms with E-state index >= 15 is 0 Å². The van der Waals surface area contributed by atoms with Crippen LogP contribution in [0.3, 0.4) is 0 Å². The van der Waals surface area contributed by atoms with Crippen LogP contribution in [0, 0.1) is 5.82 Å². The second-order valence-corrected chi connectivity index (χ2v) is 5.27. The Morgan fingerprint density at radius 3 is 3.05 bits per heavy atom. The minimum atomic E-state index is -0.461. The third kappa shape index (κ3) is 2.85. The highest BCUT2D eigenvalue weighted by molar-refractivity contribution is 6.30. The van der Waals surface area contributed by atoms with Crippen molar-refractivity contribution in [3.05, 3.63) is 58.8 Å². The number of fused-ring (bicyclic) bond motifs is 1. The van der Waals surface area contributed by atoms with Gasteiger partial charge in [0.05, 0.1) is 12.0 Å². The number of nitrogens with zero attached hydrogens (tertiary/aromatic N) is 1. The van der Waals surface area contributed by atoms with E-state index in [1.54, 1.807) is 24.3 Å². The van der Waals surface area contributed by atoms with Gasteiger partial charge in [0.25, 0.3) is 5.91 Å². The number of benzene rings is 1. The molecular weight excluding hydrogens is 293 g/mol. The van der Waals surface area contributed by atoms with E-state index in [1.165, 1.54) is 23.3 Å². The van der Waals surface area contributed by atoms with E-state index in [4.69, 9.17) is 16.0 Å². The molecule has 0 fully saturated rings. The van der Waals surface area contributed by atoms with Gasteiger partial charge >= 0.3 is 0 Å². The molecule has 3 rings (SSSR count). The van der Waals surface area contributed by atoms with Crippen molar-refractivity contribution in [2.24, 2.45) is 0 Å². The van der Waals surface area contributed by atoms with E-state index in [0.717, 1.165) is 18.4 Å². The summed E-state index contributed by atoms with van der Waals surface area (Å²) in [6, 6.07) is 6.44. The number of carbonyl (C=O) groups is 1. The Morgan fingerprint density at radius 2 is 2.29 bits per heavy atom. The SMILES string of the molecule is O=C(C=Cc1ccco1)N1CCCc2cc(Cl)cc(F)c21. The molecule has 0 unspecified atom stereocenters. The molecule has 21 heavy (non-hydrogen) atoms. The Kier molecular flexibility index (Phi) is 3.80. The first-order chi connectivity index (χ1) is 10.1. The minimum absolute atomic E-state index is 0.270. The molecule has 0 spiro atoms. The lowest BCUT2D eigenvalue weighted by atomic mass is 10.0. The zero-order chi connectivity index (χ0) is 14.8. The Hall–Kier alpha value is -2.07. The van der Waals surface area contributed by atoms with Crippen molar-refractivity contribution in [2.75, 3.05) is 11.4 Å².